The number of benzene rings is 2. The summed E-state index contributed by atoms with van der Waals surface area (Å²) in [7, 11) is -1.92. The van der Waals surface area contributed by atoms with E-state index in [0.29, 0.717) is 59.1 Å². The molecule has 3 fully saturated rings. The number of nitrogens with one attached hydrogen (secondary N) is 3. The van der Waals surface area contributed by atoms with E-state index in [1.807, 2.05) is 0 Å². The second kappa shape index (κ2) is 24.1. The fraction of sp³-hybridized carbons (Fsp3) is 0.648. The van der Waals surface area contributed by atoms with Gasteiger partial charge in [-0.15, -0.1) is 0 Å². The molecule has 0 bridgehead atoms. The zero-order valence-electron chi connectivity index (χ0n) is 42.9. The normalized spacial score (nSPS) is 26.1. The number of ether oxygens (including phenoxy) is 3. The molecular weight excluding hydrogens is 905 g/mol. The minimum absolute atomic E-state index is 0.0161. The van der Waals surface area contributed by atoms with Gasteiger partial charge in [-0.3, -0.25) is 24.0 Å². The second-order valence-corrected chi connectivity index (χ2v) is 26.8. The summed E-state index contributed by atoms with van der Waals surface area (Å²) in [4.78, 5) is 66.2. The van der Waals surface area contributed by atoms with Crippen LogP contribution in [0.25, 0.3) is 10.4 Å². The van der Waals surface area contributed by atoms with Gasteiger partial charge in [0.25, 0.3) is 0 Å². The summed E-state index contributed by atoms with van der Waals surface area (Å²) in [6.07, 6.45) is 13.1. The fourth-order valence-corrected chi connectivity index (χ4v) is 13.1. The highest BCUT2D eigenvalue weighted by Gasteiger charge is 2.62. The van der Waals surface area contributed by atoms with Crippen molar-refractivity contribution in [2.24, 2.45) is 39.6 Å². The average molecular weight is 983 g/mol. The van der Waals surface area contributed by atoms with Crippen LogP contribution in [0.2, 0.25) is 18.1 Å². The van der Waals surface area contributed by atoms with Crippen molar-refractivity contribution in [1.29, 1.82) is 0 Å². The number of unbranched alkanes of at least 4 members (excludes halogenated alkanes) is 2. The van der Waals surface area contributed by atoms with Gasteiger partial charge in [0.05, 0.1) is 32.5 Å². The molecule has 15 nitrogen and oxygen atoms in total. The van der Waals surface area contributed by atoms with Crippen LogP contribution in [0.5, 0.6) is 0 Å². The highest BCUT2D eigenvalue weighted by molar-refractivity contribution is 6.74. The van der Waals surface area contributed by atoms with Crippen molar-refractivity contribution in [3.8, 4) is 0 Å². The van der Waals surface area contributed by atoms with Gasteiger partial charge in [0, 0.05) is 59.0 Å². The summed E-state index contributed by atoms with van der Waals surface area (Å²) >= 11 is 0. The van der Waals surface area contributed by atoms with Gasteiger partial charge in [-0.25, -0.2) is 0 Å². The molecule has 0 spiro atoms. The van der Waals surface area contributed by atoms with Crippen LogP contribution in [0.15, 0.2) is 65.3 Å². The van der Waals surface area contributed by atoms with Crippen LogP contribution in [0.3, 0.4) is 0 Å². The molecule has 0 heterocycles. The lowest BCUT2D eigenvalue weighted by Gasteiger charge is -2.60. The molecule has 0 aliphatic heterocycles. The lowest BCUT2D eigenvalue weighted by molar-refractivity contribution is -0.133. The second-order valence-electron chi connectivity index (χ2n) is 22.1. The minimum Gasteiger partial charge on any atom is -0.414 e. The molecule has 4 aliphatic carbocycles. The van der Waals surface area contributed by atoms with E-state index in [0.717, 1.165) is 64.2 Å². The number of amides is 3. The topological polar surface area (TPSA) is 207 Å². The third kappa shape index (κ3) is 13.6. The molecule has 16 heteroatoms. The monoisotopic (exact) mass is 983 g/mol. The first-order valence-corrected chi connectivity index (χ1v) is 28.4. The van der Waals surface area contributed by atoms with Gasteiger partial charge in [-0.2, -0.15) is 0 Å². The Hall–Kier alpha value is -4.70. The highest BCUT2D eigenvalue weighted by Crippen LogP contribution is 2.67. The molecule has 0 unspecified atom stereocenters. The van der Waals surface area contributed by atoms with Crippen molar-refractivity contribution < 1.29 is 42.6 Å². The van der Waals surface area contributed by atoms with E-state index in [2.05, 4.69) is 79.8 Å². The zero-order valence-corrected chi connectivity index (χ0v) is 43.9. The van der Waals surface area contributed by atoms with E-state index in [1.54, 1.807) is 55.5 Å². The maximum atomic E-state index is 13.3. The van der Waals surface area contributed by atoms with Crippen molar-refractivity contribution in [2.45, 2.75) is 143 Å². The van der Waals surface area contributed by atoms with Crippen molar-refractivity contribution in [3.05, 3.63) is 81.7 Å². The average Bonchev–Trinajstić information content (AvgIpc) is 3.68. The molecule has 0 aromatic heterocycles. The Kier molecular flexibility index (Phi) is 18.8. The van der Waals surface area contributed by atoms with Crippen molar-refractivity contribution in [2.75, 3.05) is 56.8 Å². The van der Waals surface area contributed by atoms with Crippen LogP contribution in [-0.2, 0) is 37.8 Å². The van der Waals surface area contributed by atoms with Crippen molar-refractivity contribution in [3.63, 3.8) is 0 Å². The van der Waals surface area contributed by atoms with Gasteiger partial charge in [0.1, 0.15) is 12.4 Å². The Morgan fingerprint density at radius 2 is 1.44 bits per heavy atom. The smallest absolute Gasteiger partial charge is 0.246 e. The maximum absolute atomic E-state index is 13.3. The van der Waals surface area contributed by atoms with E-state index < -0.39 is 20.1 Å². The number of rotatable bonds is 24. The van der Waals surface area contributed by atoms with E-state index in [1.165, 1.54) is 5.57 Å². The van der Waals surface area contributed by atoms with E-state index in [4.69, 9.17) is 24.2 Å². The minimum atomic E-state index is -1.92. The van der Waals surface area contributed by atoms with E-state index in [9.17, 15) is 24.0 Å². The quantitative estimate of drug-likeness (QED) is 0.0174. The van der Waals surface area contributed by atoms with Crippen LogP contribution >= 0.6 is 0 Å². The van der Waals surface area contributed by atoms with Crippen molar-refractivity contribution >= 4 is 49.0 Å². The first kappa shape index (κ1) is 54.6. The molecule has 8 atom stereocenters. The van der Waals surface area contributed by atoms with E-state index >= 15 is 0 Å². The molecule has 3 saturated carbocycles. The van der Waals surface area contributed by atoms with Crippen LogP contribution in [0, 0.1) is 34.5 Å². The number of azide groups is 1. The Bertz CT molecular complexity index is 2240. The summed E-state index contributed by atoms with van der Waals surface area (Å²) in [5, 5.41) is 11.6. The number of fused-ring (bicyclic) bond motifs is 5. The van der Waals surface area contributed by atoms with Gasteiger partial charge >= 0.3 is 0 Å². The fourth-order valence-electron chi connectivity index (χ4n) is 11.7. The van der Waals surface area contributed by atoms with Crippen LogP contribution < -0.4 is 16.0 Å². The van der Waals surface area contributed by atoms with Gasteiger partial charge in [-0.1, -0.05) is 57.8 Å². The first-order chi connectivity index (χ1) is 33.3. The lowest BCUT2D eigenvalue weighted by atomic mass is 9.46. The standard InChI is InChI=1S/C54H78N6O9Si/c1-36(61)43-21-22-44-50-45(24-26-54(43,44)6)53(5)25-23-42(69-70(7,8)52(2,3)4)32-39(53)33-46(50)68-28-11-9-10-12-47(62)58-40-17-13-37(14-18-40)51(65)38-15-19-41(20-16-38)59-48(63)34-56-49(64)35-67-31-30-66-29-27-57-60-55/h13-20,33,42-46,50H,9-12,21-32,34-35H2,1-8H3,(H,56,64)(H,58,62)(H,59,63)/t42-,43+,44-,45-,46+,50-,53-,54+/m0/s1. The molecule has 0 saturated heterocycles. The van der Waals surface area contributed by atoms with Gasteiger partial charge in [-0.05, 0) is 165 Å². The number of hydrogen-bond acceptors (Lipinski definition) is 10. The van der Waals surface area contributed by atoms with Gasteiger partial charge in [0.15, 0.2) is 14.1 Å². The molecule has 4 aliphatic rings. The molecule has 0 radical (unpaired) electrons. The molecule has 382 valence electrons. The lowest BCUT2D eigenvalue weighted by Crippen LogP contribution is -2.56. The van der Waals surface area contributed by atoms with Crippen LogP contribution in [-0.4, -0.2) is 95.9 Å². The molecule has 3 N–H and O–H groups in total. The Balaban J connectivity index is 0.933. The van der Waals surface area contributed by atoms with E-state index in [-0.39, 0.29) is 85.2 Å². The number of Topliss-reactive ketones (excluding diaryl/α,β-unsaturated/α-hetero) is 1. The zero-order chi connectivity index (χ0) is 50.7. The summed E-state index contributed by atoms with van der Waals surface area (Å²) in [6, 6.07) is 13.3. The Morgan fingerprint density at radius 1 is 0.786 bits per heavy atom. The molecule has 2 aromatic rings. The Labute approximate surface area is 416 Å². The van der Waals surface area contributed by atoms with Crippen LogP contribution in [0.1, 0.15) is 128 Å². The number of carbonyl (C=O) groups is 5. The molecule has 3 amide bonds. The predicted molar refractivity (Wildman–Crippen MR) is 274 cm³/mol. The number of ketones is 2. The van der Waals surface area contributed by atoms with Crippen molar-refractivity contribution in [1.82, 2.24) is 5.32 Å². The summed E-state index contributed by atoms with van der Waals surface area (Å²) < 4.78 is 24.4. The third-order valence-electron chi connectivity index (χ3n) is 16.5. The number of hydrogen-bond donors (Lipinski definition) is 3. The summed E-state index contributed by atoms with van der Waals surface area (Å²) in [6.45, 7) is 19.4. The summed E-state index contributed by atoms with van der Waals surface area (Å²) in [5.41, 5.74) is 11.9. The number of anilines is 2. The highest BCUT2D eigenvalue weighted by atomic mass is 28.4. The largest absolute Gasteiger partial charge is 0.414 e. The molecular formula is C54H78N6O9Si. The first-order valence-electron chi connectivity index (χ1n) is 25.5. The molecule has 70 heavy (non-hydrogen) atoms. The van der Waals surface area contributed by atoms with Gasteiger partial charge < -0.3 is 34.6 Å². The molecule has 6 rings (SSSR count). The predicted octanol–water partition coefficient (Wildman–Crippen LogP) is 10.4. The SMILES string of the molecule is CC(=O)[C@H]1CC[C@H]2[C@@H]3[C@H](OCCCCCC(=O)Nc4ccc(C(=O)c5ccc(NC(=O)CNC(=O)COCCOCCN=[N+]=[N-])cc5)cc4)C=C4C[C@@H](O[Si](C)(C)C(C)(C)C)CC[C@]4(C)[C@H]3CC[C@]12C. The molecule has 2 aromatic carbocycles. The number of carbonyl (C=O) groups excluding carboxylic acids is 5. The maximum Gasteiger partial charge on any atom is 0.246 e. The Morgan fingerprint density at radius 3 is 2.09 bits per heavy atom. The van der Waals surface area contributed by atoms with Gasteiger partial charge in [0.2, 0.25) is 17.7 Å². The third-order valence-corrected chi connectivity index (χ3v) is 21.0. The van der Waals surface area contributed by atoms with Crippen LogP contribution in [0.4, 0.5) is 11.4 Å². The summed E-state index contributed by atoms with van der Waals surface area (Å²) in [5.74, 6) is 0.674. The number of nitrogens with zero attached hydrogens (tertiary/aromatic N) is 3.